The lowest BCUT2D eigenvalue weighted by Gasteiger charge is -2.33. The van der Waals surface area contributed by atoms with Crippen LogP contribution < -0.4 is 10.2 Å². The summed E-state index contributed by atoms with van der Waals surface area (Å²) in [7, 11) is 0. The van der Waals surface area contributed by atoms with E-state index in [1.54, 1.807) is 54.2 Å². The van der Waals surface area contributed by atoms with Gasteiger partial charge in [-0.2, -0.15) is 0 Å². The average molecular weight is 430 g/mol. The van der Waals surface area contributed by atoms with Crippen molar-refractivity contribution < 1.29 is 9.59 Å². The molecule has 0 radical (unpaired) electrons. The Morgan fingerprint density at radius 1 is 1.10 bits per heavy atom. The maximum atomic E-state index is 13.4. The van der Waals surface area contributed by atoms with E-state index in [-0.39, 0.29) is 11.6 Å². The van der Waals surface area contributed by atoms with Crippen LogP contribution in [0.4, 0.5) is 5.69 Å². The van der Waals surface area contributed by atoms with E-state index in [4.69, 9.17) is 11.6 Å². The van der Waals surface area contributed by atoms with E-state index in [1.165, 1.54) is 4.90 Å². The van der Waals surface area contributed by atoms with Crippen molar-refractivity contribution in [3.63, 3.8) is 0 Å². The maximum Gasteiger partial charge on any atom is 0.280 e. The minimum absolute atomic E-state index is 0.160. The van der Waals surface area contributed by atoms with Crippen LogP contribution in [0.1, 0.15) is 42.9 Å². The lowest BCUT2D eigenvalue weighted by Crippen LogP contribution is -2.49. The second-order valence-corrected chi connectivity index (χ2v) is 8.41. The number of amides is 2. The minimum atomic E-state index is -0.937. The molecular weight excluding hydrogens is 410 g/mol. The smallest absolute Gasteiger partial charge is 0.280 e. The minimum Gasteiger partial charge on any atom is -0.349 e. The SMILES string of the molecule is CC(C)(C)NC(=O)[C@H](c1ccncc1)N(C(=O)c1csnn1)c1ccc(Cl)cc1. The molecule has 7 nitrogen and oxygen atoms in total. The summed E-state index contributed by atoms with van der Waals surface area (Å²) in [4.78, 5) is 32.1. The molecule has 150 valence electrons. The summed E-state index contributed by atoms with van der Waals surface area (Å²) in [6, 6.07) is 9.21. The number of carbonyl (C=O) groups is 2. The molecule has 0 unspecified atom stereocenters. The van der Waals surface area contributed by atoms with Crippen LogP contribution >= 0.6 is 23.1 Å². The average Bonchev–Trinajstić information content (AvgIpc) is 3.20. The first kappa shape index (κ1) is 20.9. The molecule has 1 aromatic carbocycles. The van der Waals surface area contributed by atoms with Gasteiger partial charge >= 0.3 is 0 Å². The molecule has 2 amide bonds. The topological polar surface area (TPSA) is 88.1 Å². The number of anilines is 1. The molecule has 0 aliphatic heterocycles. The second kappa shape index (κ2) is 8.67. The number of benzene rings is 1. The van der Waals surface area contributed by atoms with Gasteiger partial charge in [0.2, 0.25) is 5.91 Å². The molecule has 0 saturated carbocycles. The van der Waals surface area contributed by atoms with E-state index < -0.39 is 17.5 Å². The van der Waals surface area contributed by atoms with Crippen LogP contribution in [-0.4, -0.2) is 31.9 Å². The zero-order valence-corrected chi connectivity index (χ0v) is 17.7. The monoisotopic (exact) mass is 429 g/mol. The standard InChI is InChI=1S/C20H20ClN5O2S/c1-20(2,3)23-18(27)17(13-8-10-22-11-9-13)26(15-6-4-14(21)5-7-15)19(28)16-12-29-25-24-16/h4-12,17H,1-3H3,(H,23,27)/t17-/m0/s1. The molecule has 9 heteroatoms. The molecule has 0 aliphatic carbocycles. The highest BCUT2D eigenvalue weighted by atomic mass is 35.5. The molecule has 2 aromatic heterocycles. The van der Waals surface area contributed by atoms with Crippen molar-refractivity contribution in [3.8, 4) is 0 Å². The van der Waals surface area contributed by atoms with Crippen molar-refractivity contribution >= 4 is 40.6 Å². The molecule has 3 aromatic rings. The molecule has 1 atom stereocenters. The fourth-order valence-corrected chi connectivity index (χ4v) is 3.32. The zero-order chi connectivity index (χ0) is 21.0. The van der Waals surface area contributed by atoms with Crippen molar-refractivity contribution in [3.05, 3.63) is 70.5 Å². The quantitative estimate of drug-likeness (QED) is 0.664. The normalized spacial score (nSPS) is 12.3. The number of nitrogens with one attached hydrogen (secondary N) is 1. The Morgan fingerprint density at radius 3 is 2.31 bits per heavy atom. The number of carbonyl (C=O) groups excluding carboxylic acids is 2. The lowest BCUT2D eigenvalue weighted by molar-refractivity contribution is -0.123. The highest BCUT2D eigenvalue weighted by Gasteiger charge is 2.35. The molecule has 3 rings (SSSR count). The number of nitrogens with zero attached hydrogens (tertiary/aromatic N) is 4. The third-order valence-corrected chi connectivity index (χ3v) is 4.69. The Labute approximate surface area is 177 Å². The van der Waals surface area contributed by atoms with Crippen molar-refractivity contribution in [2.24, 2.45) is 0 Å². The molecular formula is C20H20ClN5O2S. The fraction of sp³-hybridized carbons (Fsp3) is 0.250. The van der Waals surface area contributed by atoms with Crippen molar-refractivity contribution in [1.29, 1.82) is 0 Å². The van der Waals surface area contributed by atoms with Gasteiger partial charge in [0.25, 0.3) is 5.91 Å². The van der Waals surface area contributed by atoms with Gasteiger partial charge in [-0.1, -0.05) is 16.1 Å². The van der Waals surface area contributed by atoms with Gasteiger partial charge in [0.15, 0.2) is 5.69 Å². The highest BCUT2D eigenvalue weighted by Crippen LogP contribution is 2.30. The van der Waals surface area contributed by atoms with Crippen LogP contribution in [0.2, 0.25) is 5.02 Å². The van der Waals surface area contributed by atoms with Gasteiger partial charge in [0.05, 0.1) is 0 Å². The van der Waals surface area contributed by atoms with E-state index in [9.17, 15) is 9.59 Å². The van der Waals surface area contributed by atoms with Gasteiger partial charge in [0.1, 0.15) is 6.04 Å². The van der Waals surface area contributed by atoms with Crippen molar-refractivity contribution in [2.75, 3.05) is 4.90 Å². The summed E-state index contributed by atoms with van der Waals surface area (Å²) in [5, 5.41) is 8.94. The van der Waals surface area contributed by atoms with Crippen LogP contribution in [0, 0.1) is 0 Å². The van der Waals surface area contributed by atoms with Gasteiger partial charge in [-0.15, -0.1) is 5.10 Å². The zero-order valence-electron chi connectivity index (χ0n) is 16.2. The highest BCUT2D eigenvalue weighted by molar-refractivity contribution is 7.03. The summed E-state index contributed by atoms with van der Waals surface area (Å²) in [6.45, 7) is 5.65. The fourth-order valence-electron chi connectivity index (χ4n) is 2.77. The molecule has 0 fully saturated rings. The number of hydrogen-bond acceptors (Lipinski definition) is 6. The van der Waals surface area contributed by atoms with Crippen molar-refractivity contribution in [1.82, 2.24) is 19.9 Å². The third-order valence-electron chi connectivity index (χ3n) is 3.93. The van der Waals surface area contributed by atoms with E-state index >= 15 is 0 Å². The molecule has 0 bridgehead atoms. The van der Waals surface area contributed by atoms with Crippen LogP contribution in [0.3, 0.4) is 0 Å². The molecule has 1 N–H and O–H groups in total. The second-order valence-electron chi connectivity index (χ2n) is 7.36. The van der Waals surface area contributed by atoms with Gasteiger partial charge in [-0.05, 0) is 74.3 Å². The largest absolute Gasteiger partial charge is 0.349 e. The number of rotatable bonds is 5. The Balaban J connectivity index is 2.15. The first-order chi connectivity index (χ1) is 13.8. The van der Waals surface area contributed by atoms with Crippen molar-refractivity contribution in [2.45, 2.75) is 32.4 Å². The summed E-state index contributed by atoms with van der Waals surface area (Å²) in [5.41, 5.74) is 0.804. The molecule has 29 heavy (non-hydrogen) atoms. The predicted octanol–water partition coefficient (Wildman–Crippen LogP) is 3.89. The predicted molar refractivity (Wildman–Crippen MR) is 113 cm³/mol. The van der Waals surface area contributed by atoms with Crippen LogP contribution in [0.15, 0.2) is 54.2 Å². The van der Waals surface area contributed by atoms with Gasteiger partial charge in [0, 0.05) is 34.0 Å². The Hall–Kier alpha value is -2.84. The summed E-state index contributed by atoms with van der Waals surface area (Å²) in [5.74, 6) is -0.762. The Kier molecular flexibility index (Phi) is 6.24. The molecule has 0 aliphatic rings. The number of halogens is 1. The number of pyridine rings is 1. The first-order valence-corrected chi connectivity index (χ1v) is 10.1. The lowest BCUT2D eigenvalue weighted by atomic mass is 10.0. The molecule has 0 spiro atoms. The molecule has 0 saturated heterocycles. The summed E-state index contributed by atoms with van der Waals surface area (Å²) >= 11 is 7.10. The maximum absolute atomic E-state index is 13.4. The van der Waals surface area contributed by atoms with E-state index in [1.807, 2.05) is 20.8 Å². The van der Waals surface area contributed by atoms with Gasteiger partial charge in [-0.25, -0.2) is 0 Å². The van der Waals surface area contributed by atoms with Crippen LogP contribution in [-0.2, 0) is 4.79 Å². The van der Waals surface area contributed by atoms with E-state index in [2.05, 4.69) is 19.9 Å². The molecule has 2 heterocycles. The van der Waals surface area contributed by atoms with E-state index in [0.717, 1.165) is 11.5 Å². The van der Waals surface area contributed by atoms with Crippen LogP contribution in [0.5, 0.6) is 0 Å². The van der Waals surface area contributed by atoms with Gasteiger partial charge < -0.3 is 5.32 Å². The van der Waals surface area contributed by atoms with E-state index in [0.29, 0.717) is 16.3 Å². The Morgan fingerprint density at radius 2 is 1.76 bits per heavy atom. The Bertz CT molecular complexity index is 972. The van der Waals surface area contributed by atoms with Gasteiger partial charge in [-0.3, -0.25) is 19.5 Å². The summed E-state index contributed by atoms with van der Waals surface area (Å²) in [6.07, 6.45) is 3.17. The summed E-state index contributed by atoms with van der Waals surface area (Å²) < 4.78 is 3.78. The third kappa shape index (κ3) is 5.16. The van der Waals surface area contributed by atoms with Crippen LogP contribution in [0.25, 0.3) is 0 Å². The number of hydrogen-bond donors (Lipinski definition) is 1. The first-order valence-electron chi connectivity index (χ1n) is 8.84. The number of aromatic nitrogens is 3.